The second kappa shape index (κ2) is 5.54. The summed E-state index contributed by atoms with van der Waals surface area (Å²) in [4.78, 5) is 4.44. The van der Waals surface area contributed by atoms with Crippen molar-refractivity contribution < 1.29 is 0 Å². The standard InChI is InChI=1S/C13H19Cl2N3/c1-3-13(5-6-13)8-17-12-10(15)7-9(14)11(18-12)16-4-2/h7H,3-6,8H2,1-2H3,(H2,16,17,18). The maximum atomic E-state index is 6.16. The van der Waals surface area contributed by atoms with Crippen molar-refractivity contribution in [3.05, 3.63) is 16.1 Å². The van der Waals surface area contributed by atoms with E-state index in [1.54, 1.807) is 6.07 Å². The molecule has 0 atom stereocenters. The van der Waals surface area contributed by atoms with Gasteiger partial charge in [0.05, 0.1) is 10.0 Å². The highest BCUT2D eigenvalue weighted by atomic mass is 35.5. The maximum Gasteiger partial charge on any atom is 0.147 e. The fourth-order valence-corrected chi connectivity index (χ4v) is 2.48. The minimum absolute atomic E-state index is 0.461. The van der Waals surface area contributed by atoms with Crippen LogP contribution in [0.25, 0.3) is 0 Å². The quantitative estimate of drug-likeness (QED) is 0.813. The smallest absolute Gasteiger partial charge is 0.147 e. The Morgan fingerprint density at radius 1 is 1.17 bits per heavy atom. The van der Waals surface area contributed by atoms with Crippen molar-refractivity contribution in [2.75, 3.05) is 23.7 Å². The number of halogens is 2. The predicted octanol–water partition coefficient (Wildman–Crippen LogP) is 4.42. The molecular formula is C13H19Cl2N3. The molecule has 1 fully saturated rings. The van der Waals surface area contributed by atoms with E-state index in [0.29, 0.717) is 21.3 Å². The lowest BCUT2D eigenvalue weighted by Gasteiger charge is -2.16. The Labute approximate surface area is 118 Å². The number of hydrogen-bond donors (Lipinski definition) is 2. The van der Waals surface area contributed by atoms with Crippen LogP contribution in [0, 0.1) is 5.41 Å². The normalized spacial score (nSPS) is 16.4. The molecule has 0 saturated heterocycles. The molecule has 1 aromatic rings. The fourth-order valence-electron chi connectivity index (χ4n) is 1.99. The van der Waals surface area contributed by atoms with Crippen LogP contribution in [0.3, 0.4) is 0 Å². The highest BCUT2D eigenvalue weighted by Gasteiger charge is 2.40. The minimum Gasteiger partial charge on any atom is -0.369 e. The molecule has 1 heterocycles. The first-order chi connectivity index (χ1) is 8.60. The van der Waals surface area contributed by atoms with Gasteiger partial charge in [-0.1, -0.05) is 30.1 Å². The average molecular weight is 288 g/mol. The third kappa shape index (κ3) is 3.01. The molecule has 0 aliphatic heterocycles. The van der Waals surface area contributed by atoms with Crippen LogP contribution in [0.5, 0.6) is 0 Å². The SMILES string of the molecule is CCNc1nc(NCC2(CC)CC2)c(Cl)cc1Cl. The predicted molar refractivity (Wildman–Crippen MR) is 78.9 cm³/mol. The summed E-state index contributed by atoms with van der Waals surface area (Å²) in [5.74, 6) is 1.41. The van der Waals surface area contributed by atoms with Crippen LogP contribution in [0.15, 0.2) is 6.07 Å². The molecule has 0 bridgehead atoms. The molecule has 1 aliphatic rings. The van der Waals surface area contributed by atoms with Gasteiger partial charge in [-0.05, 0) is 37.7 Å². The Kier molecular flexibility index (Phi) is 4.23. The second-order valence-corrected chi connectivity index (χ2v) is 5.70. The summed E-state index contributed by atoms with van der Waals surface area (Å²) in [5, 5.41) is 7.62. The number of hydrogen-bond acceptors (Lipinski definition) is 3. The number of anilines is 2. The van der Waals surface area contributed by atoms with Crippen LogP contribution >= 0.6 is 23.2 Å². The van der Waals surface area contributed by atoms with E-state index in [-0.39, 0.29) is 0 Å². The molecule has 1 aliphatic carbocycles. The van der Waals surface area contributed by atoms with E-state index in [1.165, 1.54) is 19.3 Å². The Balaban J connectivity index is 2.09. The largest absolute Gasteiger partial charge is 0.369 e. The summed E-state index contributed by atoms with van der Waals surface area (Å²) in [5.41, 5.74) is 0.461. The second-order valence-electron chi connectivity index (χ2n) is 4.89. The van der Waals surface area contributed by atoms with E-state index in [9.17, 15) is 0 Å². The van der Waals surface area contributed by atoms with Crippen LogP contribution in [-0.4, -0.2) is 18.1 Å². The van der Waals surface area contributed by atoms with Gasteiger partial charge < -0.3 is 10.6 Å². The molecule has 0 amide bonds. The maximum absolute atomic E-state index is 6.16. The Bertz CT molecular complexity index is 430. The molecule has 0 unspecified atom stereocenters. The van der Waals surface area contributed by atoms with E-state index in [0.717, 1.165) is 18.9 Å². The van der Waals surface area contributed by atoms with Gasteiger partial charge in [0.1, 0.15) is 11.6 Å². The average Bonchev–Trinajstić information content (AvgIpc) is 3.12. The van der Waals surface area contributed by atoms with Crippen LogP contribution in [0.1, 0.15) is 33.1 Å². The first kappa shape index (κ1) is 13.8. The van der Waals surface area contributed by atoms with Gasteiger partial charge in [-0.3, -0.25) is 0 Å². The molecule has 0 radical (unpaired) electrons. The zero-order valence-electron chi connectivity index (χ0n) is 10.8. The summed E-state index contributed by atoms with van der Waals surface area (Å²) in [6, 6.07) is 1.74. The van der Waals surface area contributed by atoms with Gasteiger partial charge in [0.2, 0.25) is 0 Å². The van der Waals surface area contributed by atoms with Gasteiger partial charge in [0.15, 0.2) is 0 Å². The number of rotatable bonds is 6. The van der Waals surface area contributed by atoms with Gasteiger partial charge in [-0.2, -0.15) is 0 Å². The zero-order chi connectivity index (χ0) is 13.2. The molecule has 100 valence electrons. The summed E-state index contributed by atoms with van der Waals surface area (Å²) in [6.45, 7) is 5.96. The van der Waals surface area contributed by atoms with Gasteiger partial charge in [-0.25, -0.2) is 4.98 Å². The lowest BCUT2D eigenvalue weighted by Crippen LogP contribution is -2.16. The van der Waals surface area contributed by atoms with Gasteiger partial charge in [0.25, 0.3) is 0 Å². The van der Waals surface area contributed by atoms with E-state index >= 15 is 0 Å². The van der Waals surface area contributed by atoms with E-state index in [2.05, 4.69) is 22.5 Å². The lowest BCUT2D eigenvalue weighted by molar-refractivity contribution is 0.521. The highest BCUT2D eigenvalue weighted by molar-refractivity contribution is 6.37. The van der Waals surface area contributed by atoms with Crippen LogP contribution in [0.4, 0.5) is 11.6 Å². The number of pyridine rings is 1. The van der Waals surface area contributed by atoms with E-state index in [4.69, 9.17) is 23.2 Å². The zero-order valence-corrected chi connectivity index (χ0v) is 12.3. The first-order valence-corrected chi connectivity index (χ1v) is 7.19. The molecule has 5 heteroatoms. The van der Waals surface area contributed by atoms with E-state index < -0.39 is 0 Å². The Hall–Kier alpha value is -0.670. The van der Waals surface area contributed by atoms with Crippen LogP contribution in [0.2, 0.25) is 10.0 Å². The van der Waals surface area contributed by atoms with Gasteiger partial charge in [-0.15, -0.1) is 0 Å². The van der Waals surface area contributed by atoms with Crippen molar-refractivity contribution in [2.24, 2.45) is 5.41 Å². The monoisotopic (exact) mass is 287 g/mol. The summed E-state index contributed by atoms with van der Waals surface area (Å²) in [6.07, 6.45) is 3.79. The molecular weight excluding hydrogens is 269 g/mol. The first-order valence-electron chi connectivity index (χ1n) is 6.44. The molecule has 18 heavy (non-hydrogen) atoms. The highest BCUT2D eigenvalue weighted by Crippen LogP contribution is 2.48. The van der Waals surface area contributed by atoms with Gasteiger partial charge >= 0.3 is 0 Å². The molecule has 3 nitrogen and oxygen atoms in total. The van der Waals surface area contributed by atoms with Crippen molar-refractivity contribution in [2.45, 2.75) is 33.1 Å². The Morgan fingerprint density at radius 2 is 1.78 bits per heavy atom. The van der Waals surface area contributed by atoms with Crippen LogP contribution < -0.4 is 10.6 Å². The third-order valence-corrected chi connectivity index (χ3v) is 4.19. The molecule has 2 rings (SSSR count). The molecule has 2 N–H and O–H groups in total. The fraction of sp³-hybridized carbons (Fsp3) is 0.615. The molecule has 0 spiro atoms. The number of aromatic nitrogens is 1. The number of nitrogens with one attached hydrogen (secondary N) is 2. The minimum atomic E-state index is 0.461. The van der Waals surface area contributed by atoms with Gasteiger partial charge in [0, 0.05) is 13.1 Å². The topological polar surface area (TPSA) is 37.0 Å². The van der Waals surface area contributed by atoms with Crippen molar-refractivity contribution in [1.29, 1.82) is 0 Å². The van der Waals surface area contributed by atoms with Crippen molar-refractivity contribution >= 4 is 34.8 Å². The van der Waals surface area contributed by atoms with Crippen molar-refractivity contribution in [3.63, 3.8) is 0 Å². The third-order valence-electron chi connectivity index (χ3n) is 3.61. The van der Waals surface area contributed by atoms with Crippen molar-refractivity contribution in [3.8, 4) is 0 Å². The summed E-state index contributed by atoms with van der Waals surface area (Å²) < 4.78 is 0. The molecule has 1 saturated carbocycles. The number of nitrogens with zero attached hydrogens (tertiary/aromatic N) is 1. The molecule has 1 aromatic heterocycles. The van der Waals surface area contributed by atoms with Crippen molar-refractivity contribution in [1.82, 2.24) is 4.98 Å². The van der Waals surface area contributed by atoms with E-state index in [1.807, 2.05) is 6.92 Å². The lowest BCUT2D eigenvalue weighted by atomic mass is 10.0. The summed E-state index contributed by atoms with van der Waals surface area (Å²) >= 11 is 12.2. The Morgan fingerprint density at radius 3 is 2.28 bits per heavy atom. The molecule has 0 aromatic carbocycles. The summed E-state index contributed by atoms with van der Waals surface area (Å²) in [7, 11) is 0. The van der Waals surface area contributed by atoms with Crippen LogP contribution in [-0.2, 0) is 0 Å².